The summed E-state index contributed by atoms with van der Waals surface area (Å²) in [6.07, 6.45) is 1.60. The van der Waals surface area contributed by atoms with Crippen LogP contribution in [0.3, 0.4) is 0 Å². The fraction of sp³-hybridized carbons (Fsp3) is 0. The summed E-state index contributed by atoms with van der Waals surface area (Å²) in [5.74, 6) is -0.811. The molecular formula is C14H11FN4. The Morgan fingerprint density at radius 1 is 1.16 bits per heavy atom. The predicted molar refractivity (Wildman–Crippen MR) is 72.0 cm³/mol. The van der Waals surface area contributed by atoms with Crippen molar-refractivity contribution in [2.24, 2.45) is 5.73 Å². The van der Waals surface area contributed by atoms with Gasteiger partial charge in [0.15, 0.2) is 0 Å². The van der Waals surface area contributed by atoms with E-state index in [-0.39, 0.29) is 11.4 Å². The Hall–Kier alpha value is -2.69. The third-order valence-electron chi connectivity index (χ3n) is 2.97. The number of fused-ring (bicyclic) bond motifs is 1. The number of amidine groups is 1. The van der Waals surface area contributed by atoms with Crippen molar-refractivity contribution in [2.75, 3.05) is 0 Å². The minimum absolute atomic E-state index is 0.0886. The number of nitrogens with two attached hydrogens (primary N) is 1. The standard InChI is InChI=1S/C14H11FN4/c15-9-4-3-7-12(13(9)14(16)17)19-8-18-10-5-1-2-6-11(10)19/h1-8H,(H3,16,17). The maximum Gasteiger partial charge on any atom is 0.136 e. The molecule has 0 atom stereocenters. The van der Waals surface area contributed by atoms with E-state index >= 15 is 0 Å². The largest absolute Gasteiger partial charge is 0.384 e. The van der Waals surface area contributed by atoms with Crippen molar-refractivity contribution >= 4 is 16.9 Å². The van der Waals surface area contributed by atoms with Gasteiger partial charge in [0.25, 0.3) is 0 Å². The molecule has 19 heavy (non-hydrogen) atoms. The van der Waals surface area contributed by atoms with Crippen LogP contribution in [0.25, 0.3) is 16.7 Å². The molecule has 4 nitrogen and oxygen atoms in total. The molecule has 0 amide bonds. The van der Waals surface area contributed by atoms with Gasteiger partial charge >= 0.3 is 0 Å². The van der Waals surface area contributed by atoms with E-state index in [9.17, 15) is 4.39 Å². The van der Waals surface area contributed by atoms with Gasteiger partial charge in [0, 0.05) is 0 Å². The number of nitrogen functional groups attached to an aromatic ring is 1. The summed E-state index contributed by atoms with van der Waals surface area (Å²) in [5, 5.41) is 7.53. The van der Waals surface area contributed by atoms with Crippen LogP contribution in [0.5, 0.6) is 0 Å². The molecule has 0 fully saturated rings. The van der Waals surface area contributed by atoms with E-state index in [1.807, 2.05) is 24.3 Å². The molecule has 5 heteroatoms. The molecule has 0 saturated carbocycles. The molecule has 0 aliphatic rings. The lowest BCUT2D eigenvalue weighted by molar-refractivity contribution is 0.623. The molecule has 2 aromatic carbocycles. The second kappa shape index (κ2) is 4.20. The van der Waals surface area contributed by atoms with Crippen LogP contribution in [0.4, 0.5) is 4.39 Å². The summed E-state index contributed by atoms with van der Waals surface area (Å²) in [5.41, 5.74) is 7.73. The van der Waals surface area contributed by atoms with Crippen molar-refractivity contribution in [3.05, 3.63) is 60.2 Å². The maximum atomic E-state index is 13.8. The zero-order valence-corrected chi connectivity index (χ0v) is 9.97. The smallest absolute Gasteiger partial charge is 0.136 e. The third-order valence-corrected chi connectivity index (χ3v) is 2.97. The first-order chi connectivity index (χ1) is 9.18. The van der Waals surface area contributed by atoms with Gasteiger partial charge in [0.2, 0.25) is 0 Å². The summed E-state index contributed by atoms with van der Waals surface area (Å²) in [6, 6.07) is 12.1. The van der Waals surface area contributed by atoms with Gasteiger partial charge in [-0.3, -0.25) is 9.98 Å². The Balaban J connectivity index is 2.33. The molecule has 0 bridgehead atoms. The molecule has 3 rings (SSSR count). The van der Waals surface area contributed by atoms with Crippen LogP contribution in [0.2, 0.25) is 0 Å². The molecule has 94 valence electrons. The van der Waals surface area contributed by atoms with E-state index in [2.05, 4.69) is 4.98 Å². The highest BCUT2D eigenvalue weighted by Crippen LogP contribution is 2.22. The first-order valence-corrected chi connectivity index (χ1v) is 5.74. The van der Waals surface area contributed by atoms with Gasteiger partial charge in [0.1, 0.15) is 18.0 Å². The number of hydrogen-bond donors (Lipinski definition) is 2. The summed E-state index contributed by atoms with van der Waals surface area (Å²) in [7, 11) is 0. The number of halogens is 1. The molecule has 1 aromatic heterocycles. The topological polar surface area (TPSA) is 67.7 Å². The van der Waals surface area contributed by atoms with Crippen molar-refractivity contribution in [2.45, 2.75) is 0 Å². The van der Waals surface area contributed by atoms with E-state index in [1.165, 1.54) is 6.07 Å². The SMILES string of the molecule is N=C(N)c1c(F)cccc1-n1cnc2ccccc21. The highest BCUT2D eigenvalue weighted by Gasteiger charge is 2.14. The summed E-state index contributed by atoms with van der Waals surface area (Å²) in [4.78, 5) is 4.25. The van der Waals surface area contributed by atoms with Crippen LogP contribution < -0.4 is 5.73 Å². The van der Waals surface area contributed by atoms with Gasteiger partial charge in [-0.25, -0.2) is 9.37 Å². The maximum absolute atomic E-state index is 13.8. The Morgan fingerprint density at radius 2 is 1.95 bits per heavy atom. The lowest BCUT2D eigenvalue weighted by atomic mass is 10.1. The van der Waals surface area contributed by atoms with E-state index in [4.69, 9.17) is 11.1 Å². The minimum atomic E-state index is -0.511. The van der Waals surface area contributed by atoms with Crippen molar-refractivity contribution in [3.63, 3.8) is 0 Å². The van der Waals surface area contributed by atoms with E-state index in [0.717, 1.165) is 11.0 Å². The zero-order chi connectivity index (χ0) is 13.4. The summed E-state index contributed by atoms with van der Waals surface area (Å²) in [6.45, 7) is 0. The molecule has 1 heterocycles. The molecular weight excluding hydrogens is 243 g/mol. The number of aromatic nitrogens is 2. The van der Waals surface area contributed by atoms with Crippen LogP contribution in [-0.2, 0) is 0 Å². The molecule has 0 radical (unpaired) electrons. The van der Waals surface area contributed by atoms with Gasteiger partial charge in [-0.15, -0.1) is 0 Å². The Kier molecular flexibility index (Phi) is 2.52. The molecule has 3 N–H and O–H groups in total. The molecule has 0 spiro atoms. The minimum Gasteiger partial charge on any atom is -0.384 e. The third kappa shape index (κ3) is 1.76. The molecule has 3 aromatic rings. The number of hydrogen-bond acceptors (Lipinski definition) is 2. The number of nitrogens with one attached hydrogen (secondary N) is 1. The quantitative estimate of drug-likeness (QED) is 0.545. The predicted octanol–water partition coefficient (Wildman–Crippen LogP) is 2.45. The molecule has 0 aliphatic heterocycles. The normalized spacial score (nSPS) is 10.8. The van der Waals surface area contributed by atoms with E-state index in [0.29, 0.717) is 5.69 Å². The van der Waals surface area contributed by atoms with Crippen LogP contribution in [0.1, 0.15) is 5.56 Å². The van der Waals surface area contributed by atoms with Crippen LogP contribution >= 0.6 is 0 Å². The average molecular weight is 254 g/mol. The van der Waals surface area contributed by atoms with E-state index < -0.39 is 5.82 Å². The highest BCUT2D eigenvalue weighted by molar-refractivity contribution is 5.99. The van der Waals surface area contributed by atoms with Crippen molar-refractivity contribution in [3.8, 4) is 5.69 Å². The van der Waals surface area contributed by atoms with E-state index in [1.54, 1.807) is 23.0 Å². The summed E-state index contributed by atoms with van der Waals surface area (Å²) < 4.78 is 15.6. The second-order valence-corrected chi connectivity index (χ2v) is 4.15. The van der Waals surface area contributed by atoms with Crippen LogP contribution in [0.15, 0.2) is 48.8 Å². The number of imidazole rings is 1. The first-order valence-electron chi connectivity index (χ1n) is 5.74. The van der Waals surface area contributed by atoms with Crippen molar-refractivity contribution in [1.29, 1.82) is 5.41 Å². The fourth-order valence-corrected chi connectivity index (χ4v) is 2.13. The second-order valence-electron chi connectivity index (χ2n) is 4.15. The molecule has 0 saturated heterocycles. The first kappa shape index (κ1) is 11.4. The van der Waals surface area contributed by atoms with Gasteiger partial charge in [-0.05, 0) is 24.3 Å². The molecule has 0 aliphatic carbocycles. The number of rotatable bonds is 2. The number of para-hydroxylation sites is 2. The van der Waals surface area contributed by atoms with Crippen molar-refractivity contribution < 1.29 is 4.39 Å². The average Bonchev–Trinajstić information content (AvgIpc) is 2.81. The Morgan fingerprint density at radius 3 is 2.74 bits per heavy atom. The van der Waals surface area contributed by atoms with Crippen LogP contribution in [-0.4, -0.2) is 15.4 Å². The van der Waals surface area contributed by atoms with Crippen molar-refractivity contribution in [1.82, 2.24) is 9.55 Å². The highest BCUT2D eigenvalue weighted by atomic mass is 19.1. The number of nitrogens with zero attached hydrogens (tertiary/aromatic N) is 2. The Labute approximate surface area is 108 Å². The number of benzene rings is 2. The lowest BCUT2D eigenvalue weighted by Crippen LogP contribution is -2.16. The van der Waals surface area contributed by atoms with Gasteiger partial charge in [-0.1, -0.05) is 18.2 Å². The summed E-state index contributed by atoms with van der Waals surface area (Å²) >= 11 is 0. The monoisotopic (exact) mass is 254 g/mol. The van der Waals surface area contributed by atoms with Gasteiger partial charge in [-0.2, -0.15) is 0 Å². The van der Waals surface area contributed by atoms with Gasteiger partial charge in [0.05, 0.1) is 22.3 Å². The van der Waals surface area contributed by atoms with Gasteiger partial charge < -0.3 is 5.73 Å². The fourth-order valence-electron chi connectivity index (χ4n) is 2.13. The zero-order valence-electron chi connectivity index (χ0n) is 9.97. The lowest BCUT2D eigenvalue weighted by Gasteiger charge is -2.10. The van der Waals surface area contributed by atoms with Crippen LogP contribution in [0, 0.1) is 11.2 Å². The molecule has 0 unspecified atom stereocenters. The Bertz CT molecular complexity index is 776.